The van der Waals surface area contributed by atoms with Crippen LogP contribution in [0.25, 0.3) is 0 Å². The number of hydrogen-bond donors (Lipinski definition) is 3. The van der Waals surface area contributed by atoms with Crippen LogP contribution in [0, 0.1) is 5.41 Å². The average Bonchev–Trinajstić information content (AvgIpc) is 3.23. The summed E-state index contributed by atoms with van der Waals surface area (Å²) in [4.78, 5) is 24.3. The molecule has 3 fully saturated rings. The molecule has 0 spiro atoms. The monoisotopic (exact) mass is 251 g/mol. The number of carbonyl (C=O) groups excluding carboxylic acids is 2. The van der Waals surface area contributed by atoms with Gasteiger partial charge < -0.3 is 16.0 Å². The molecule has 5 heteroatoms. The number of hydrogen-bond acceptors (Lipinski definition) is 3. The van der Waals surface area contributed by atoms with Gasteiger partial charge in [0.15, 0.2) is 0 Å². The van der Waals surface area contributed by atoms with E-state index in [9.17, 15) is 9.59 Å². The van der Waals surface area contributed by atoms with Crippen LogP contribution in [-0.4, -0.2) is 37.0 Å². The van der Waals surface area contributed by atoms with Crippen molar-refractivity contribution >= 4 is 11.8 Å². The highest BCUT2D eigenvalue weighted by molar-refractivity contribution is 5.90. The van der Waals surface area contributed by atoms with Crippen LogP contribution in [0.4, 0.5) is 0 Å². The summed E-state index contributed by atoms with van der Waals surface area (Å²) in [6, 6.07) is 0.733. The highest BCUT2D eigenvalue weighted by Crippen LogP contribution is 2.32. The predicted octanol–water partition coefficient (Wildman–Crippen LogP) is -0.0866. The molecule has 100 valence electrons. The molecule has 3 aliphatic rings. The predicted molar refractivity (Wildman–Crippen MR) is 66.9 cm³/mol. The van der Waals surface area contributed by atoms with Gasteiger partial charge in [-0.15, -0.1) is 0 Å². The molecule has 2 saturated carbocycles. The Morgan fingerprint density at radius 3 is 2.33 bits per heavy atom. The zero-order valence-corrected chi connectivity index (χ0v) is 10.6. The molecule has 3 rings (SSSR count). The van der Waals surface area contributed by atoms with Gasteiger partial charge in [0.1, 0.15) is 0 Å². The van der Waals surface area contributed by atoms with E-state index in [1.807, 2.05) is 0 Å². The Morgan fingerprint density at radius 2 is 1.78 bits per heavy atom. The molecule has 0 aromatic rings. The Labute approximate surface area is 107 Å². The minimum absolute atomic E-state index is 0.0344. The highest BCUT2D eigenvalue weighted by atomic mass is 16.2. The fourth-order valence-corrected chi connectivity index (χ4v) is 2.55. The molecule has 1 atom stereocenters. The summed E-state index contributed by atoms with van der Waals surface area (Å²) in [7, 11) is 0. The lowest BCUT2D eigenvalue weighted by molar-refractivity contribution is -0.135. The van der Waals surface area contributed by atoms with Gasteiger partial charge in [-0.1, -0.05) is 0 Å². The molecule has 1 aliphatic heterocycles. The Bertz CT molecular complexity index is 355. The van der Waals surface area contributed by atoms with Crippen LogP contribution in [0.1, 0.15) is 38.5 Å². The second kappa shape index (κ2) is 4.53. The third-order valence-corrected chi connectivity index (χ3v) is 4.08. The lowest BCUT2D eigenvalue weighted by Gasteiger charge is -2.26. The molecule has 0 radical (unpaired) electrons. The summed E-state index contributed by atoms with van der Waals surface area (Å²) in [6.45, 7) is 1.46. The van der Waals surface area contributed by atoms with Gasteiger partial charge >= 0.3 is 0 Å². The third-order valence-electron chi connectivity index (χ3n) is 4.08. The maximum atomic E-state index is 12.3. The molecule has 1 saturated heterocycles. The average molecular weight is 251 g/mol. The molecule has 0 bridgehead atoms. The summed E-state index contributed by atoms with van der Waals surface area (Å²) in [5.74, 6) is 0.105. The van der Waals surface area contributed by atoms with E-state index in [1.165, 1.54) is 0 Å². The van der Waals surface area contributed by atoms with Gasteiger partial charge in [-0.3, -0.25) is 9.59 Å². The molecule has 0 aromatic heterocycles. The molecule has 0 aromatic carbocycles. The van der Waals surface area contributed by atoms with Crippen molar-refractivity contribution < 1.29 is 9.59 Å². The van der Waals surface area contributed by atoms with E-state index < -0.39 is 5.41 Å². The van der Waals surface area contributed by atoms with E-state index in [0.29, 0.717) is 25.0 Å². The van der Waals surface area contributed by atoms with Gasteiger partial charge in [0.2, 0.25) is 11.8 Å². The van der Waals surface area contributed by atoms with E-state index in [4.69, 9.17) is 0 Å². The summed E-state index contributed by atoms with van der Waals surface area (Å²) < 4.78 is 0. The molecular weight excluding hydrogens is 230 g/mol. The van der Waals surface area contributed by atoms with Crippen LogP contribution >= 0.6 is 0 Å². The lowest BCUT2D eigenvalue weighted by Crippen LogP contribution is -2.46. The molecule has 1 heterocycles. The molecule has 2 aliphatic carbocycles. The summed E-state index contributed by atoms with van der Waals surface area (Å²) in [6.07, 6.45) is 5.45. The first-order chi connectivity index (χ1) is 8.68. The largest absolute Gasteiger partial charge is 0.353 e. The summed E-state index contributed by atoms with van der Waals surface area (Å²) in [5, 5.41) is 9.26. The minimum Gasteiger partial charge on any atom is -0.353 e. The molecular formula is C13H21N3O2. The van der Waals surface area contributed by atoms with Gasteiger partial charge in [-0.05, 0) is 38.6 Å². The zero-order valence-electron chi connectivity index (χ0n) is 10.6. The number of nitrogens with one attached hydrogen (secondary N) is 3. The maximum absolute atomic E-state index is 12.3. The molecule has 1 unspecified atom stereocenters. The number of rotatable bonds is 5. The van der Waals surface area contributed by atoms with Crippen LogP contribution in [0.2, 0.25) is 0 Å². The van der Waals surface area contributed by atoms with Crippen molar-refractivity contribution in [3.63, 3.8) is 0 Å². The van der Waals surface area contributed by atoms with Crippen LogP contribution in [0.3, 0.4) is 0 Å². The number of amides is 2. The van der Waals surface area contributed by atoms with E-state index in [0.717, 1.165) is 38.6 Å². The van der Waals surface area contributed by atoms with Crippen LogP contribution in [-0.2, 0) is 9.59 Å². The van der Waals surface area contributed by atoms with Crippen molar-refractivity contribution in [2.45, 2.75) is 50.6 Å². The summed E-state index contributed by atoms with van der Waals surface area (Å²) in [5.41, 5.74) is -0.512. The van der Waals surface area contributed by atoms with Crippen molar-refractivity contribution in [3.05, 3.63) is 0 Å². The van der Waals surface area contributed by atoms with E-state index in [2.05, 4.69) is 16.0 Å². The van der Waals surface area contributed by atoms with Crippen LogP contribution in [0.15, 0.2) is 0 Å². The zero-order chi connectivity index (χ0) is 12.6. The number of carbonyl (C=O) groups is 2. The molecule has 18 heavy (non-hydrogen) atoms. The standard InChI is InChI=1S/C13H21N3O2/c17-11(15-9-1-2-9)7-13(5-6-14-8-13)12(18)16-10-3-4-10/h9-10,14H,1-8H2,(H,15,17)(H,16,18). The normalized spacial score (nSPS) is 31.1. The first kappa shape index (κ1) is 12.0. The minimum atomic E-state index is -0.512. The Balaban J connectivity index is 1.61. The molecule has 3 N–H and O–H groups in total. The first-order valence-electron chi connectivity index (χ1n) is 6.99. The Hall–Kier alpha value is -1.10. The van der Waals surface area contributed by atoms with E-state index in [1.54, 1.807) is 0 Å². The highest BCUT2D eigenvalue weighted by Gasteiger charge is 2.44. The van der Waals surface area contributed by atoms with Crippen molar-refractivity contribution in [2.75, 3.05) is 13.1 Å². The third kappa shape index (κ3) is 2.66. The van der Waals surface area contributed by atoms with Gasteiger partial charge in [0, 0.05) is 25.0 Å². The fourth-order valence-electron chi connectivity index (χ4n) is 2.55. The SMILES string of the molecule is O=C(CC1(C(=O)NC2CC2)CCNC1)NC1CC1. The van der Waals surface area contributed by atoms with Crippen LogP contribution < -0.4 is 16.0 Å². The Kier molecular flexibility index (Phi) is 3.01. The lowest BCUT2D eigenvalue weighted by atomic mass is 9.82. The van der Waals surface area contributed by atoms with E-state index in [-0.39, 0.29) is 11.8 Å². The second-order valence-electron chi connectivity index (χ2n) is 5.97. The van der Waals surface area contributed by atoms with Crippen molar-refractivity contribution in [2.24, 2.45) is 5.41 Å². The Morgan fingerprint density at radius 1 is 1.11 bits per heavy atom. The van der Waals surface area contributed by atoms with E-state index >= 15 is 0 Å². The second-order valence-corrected chi connectivity index (χ2v) is 5.97. The van der Waals surface area contributed by atoms with Gasteiger partial charge in [-0.2, -0.15) is 0 Å². The van der Waals surface area contributed by atoms with Crippen LogP contribution in [0.5, 0.6) is 0 Å². The molecule has 2 amide bonds. The summed E-state index contributed by atoms with van der Waals surface area (Å²) >= 11 is 0. The fraction of sp³-hybridized carbons (Fsp3) is 0.846. The van der Waals surface area contributed by atoms with Gasteiger partial charge in [0.25, 0.3) is 0 Å². The van der Waals surface area contributed by atoms with Gasteiger partial charge in [0.05, 0.1) is 5.41 Å². The smallest absolute Gasteiger partial charge is 0.228 e. The van der Waals surface area contributed by atoms with Crippen molar-refractivity contribution in [3.8, 4) is 0 Å². The van der Waals surface area contributed by atoms with Gasteiger partial charge in [-0.25, -0.2) is 0 Å². The quantitative estimate of drug-likeness (QED) is 0.640. The first-order valence-corrected chi connectivity index (χ1v) is 6.99. The van der Waals surface area contributed by atoms with Crippen molar-refractivity contribution in [1.29, 1.82) is 0 Å². The molecule has 5 nitrogen and oxygen atoms in total. The topological polar surface area (TPSA) is 70.2 Å². The van der Waals surface area contributed by atoms with Crippen molar-refractivity contribution in [1.82, 2.24) is 16.0 Å². The maximum Gasteiger partial charge on any atom is 0.228 e.